The summed E-state index contributed by atoms with van der Waals surface area (Å²) in [6.07, 6.45) is -1.76. The third-order valence-corrected chi connectivity index (χ3v) is 12.0. The van der Waals surface area contributed by atoms with Crippen LogP contribution in [0.2, 0.25) is 0 Å². The molecule has 0 amide bonds. The minimum Gasteiger partial charge on any atom is -0.342 e. The highest BCUT2D eigenvalue weighted by atomic mass is 32.3. The lowest BCUT2D eigenvalue weighted by atomic mass is 10.3. The smallest absolute Gasteiger partial charge is 0.287 e. The molecule has 2 heterocycles. The molecule has 2 aromatic rings. The fraction of sp³-hybridized carbons (Fsp3) is 0.500. The number of fused-ring (bicyclic) bond motifs is 1. The Labute approximate surface area is 184 Å². The van der Waals surface area contributed by atoms with Crippen molar-refractivity contribution in [3.63, 3.8) is 0 Å². The van der Waals surface area contributed by atoms with Crippen LogP contribution in [0, 0.1) is 0 Å². The van der Waals surface area contributed by atoms with Crippen LogP contribution in [-0.2, 0) is 59.4 Å². The monoisotopic (exact) mass is 534 g/mol. The van der Waals surface area contributed by atoms with E-state index in [1.54, 1.807) is 24.3 Å². The van der Waals surface area contributed by atoms with Crippen molar-refractivity contribution in [2.75, 3.05) is 19.8 Å². The predicted molar refractivity (Wildman–Crippen MR) is 108 cm³/mol. The first-order valence-electron chi connectivity index (χ1n) is 8.77. The molecule has 1 aromatic heterocycles. The van der Waals surface area contributed by atoms with E-state index in [1.807, 2.05) is 0 Å². The Hall–Kier alpha value is -1.67. The maximum absolute atomic E-state index is 12.5. The predicted octanol–water partition coefficient (Wildman–Crippen LogP) is -0.912. The van der Waals surface area contributed by atoms with Crippen LogP contribution < -0.4 is 0 Å². The summed E-state index contributed by atoms with van der Waals surface area (Å²) in [5.41, 5.74) is 0.900. The fourth-order valence-electron chi connectivity index (χ4n) is 2.84. The molecular formula is C14H18N2O12S4. The van der Waals surface area contributed by atoms with Gasteiger partial charge in [-0.3, -0.25) is 17.1 Å². The highest BCUT2D eigenvalue weighted by Crippen LogP contribution is 2.23. The van der Waals surface area contributed by atoms with Crippen LogP contribution in [0.25, 0.3) is 11.0 Å². The van der Waals surface area contributed by atoms with E-state index in [-0.39, 0.29) is 5.82 Å². The van der Waals surface area contributed by atoms with Crippen LogP contribution >= 0.6 is 0 Å². The molecule has 1 fully saturated rings. The Balaban J connectivity index is 1.78. The number of aromatic nitrogens is 2. The summed E-state index contributed by atoms with van der Waals surface area (Å²) in [5, 5.41) is 0. The summed E-state index contributed by atoms with van der Waals surface area (Å²) in [6, 6.07) is 6.50. The van der Waals surface area contributed by atoms with Gasteiger partial charge in [0.05, 0.1) is 30.9 Å². The van der Waals surface area contributed by atoms with Gasteiger partial charge in [-0.15, -0.1) is 0 Å². The van der Waals surface area contributed by atoms with Gasteiger partial charge in [-0.25, -0.2) is 4.98 Å². The van der Waals surface area contributed by atoms with Crippen molar-refractivity contribution >= 4 is 51.5 Å². The summed E-state index contributed by atoms with van der Waals surface area (Å²) >= 11 is 0. The largest absolute Gasteiger partial charge is 0.342 e. The molecule has 2 N–H and O–H groups in total. The SMILES string of the molecule is O=S1(=O)OCCOS(=O)(=O)C1CCOS(=O)(=O)[C@@H](Cc1nc2ccccc2[nH]1)S(=O)(=O)O. The third-order valence-electron chi connectivity index (χ3n) is 4.28. The molecule has 32 heavy (non-hydrogen) atoms. The maximum Gasteiger partial charge on any atom is 0.287 e. The van der Waals surface area contributed by atoms with Crippen LogP contribution in [0.5, 0.6) is 0 Å². The summed E-state index contributed by atoms with van der Waals surface area (Å²) in [5.74, 6) is -0.0864. The lowest BCUT2D eigenvalue weighted by molar-refractivity contribution is 0.237. The van der Waals surface area contributed by atoms with Crippen molar-refractivity contribution < 1.29 is 50.8 Å². The number of benzene rings is 1. The average Bonchev–Trinajstić information content (AvgIpc) is 3.04. The Morgan fingerprint density at radius 1 is 1.09 bits per heavy atom. The van der Waals surface area contributed by atoms with Gasteiger partial charge in [0.1, 0.15) is 5.82 Å². The zero-order chi connectivity index (χ0) is 23.8. The van der Waals surface area contributed by atoms with Crippen molar-refractivity contribution in [2.24, 2.45) is 0 Å². The minimum atomic E-state index is -5.22. The van der Waals surface area contributed by atoms with Gasteiger partial charge in [-0.2, -0.15) is 33.7 Å². The van der Waals surface area contributed by atoms with Crippen molar-refractivity contribution in [3.8, 4) is 0 Å². The molecule has 0 saturated carbocycles. The van der Waals surface area contributed by atoms with Gasteiger partial charge in [0.25, 0.3) is 40.5 Å². The van der Waals surface area contributed by atoms with Gasteiger partial charge < -0.3 is 4.98 Å². The van der Waals surface area contributed by atoms with Crippen molar-refractivity contribution in [1.29, 1.82) is 0 Å². The fourth-order valence-corrected chi connectivity index (χ4v) is 8.57. The standard InChI is InChI=1S/C14H18N2O12S4/c17-29(18,19)14(9-12-15-10-3-1-2-4-11(10)16-12)32(24,25)26-6-5-13-30(20,21)27-7-8-28-31(13,22)23/h1-4,13-14H,5-9H2,(H,15,16)(H,17,18,19)/t14-/m0/s1. The quantitative estimate of drug-likeness (QED) is 0.310. The van der Waals surface area contributed by atoms with Crippen LogP contribution in [-0.4, -0.2) is 77.2 Å². The van der Waals surface area contributed by atoms with Gasteiger partial charge in [-0.1, -0.05) is 12.1 Å². The van der Waals surface area contributed by atoms with Gasteiger partial charge in [0, 0.05) is 12.8 Å². The Morgan fingerprint density at radius 3 is 2.25 bits per heavy atom. The Kier molecular flexibility index (Phi) is 6.97. The zero-order valence-electron chi connectivity index (χ0n) is 16.0. The lowest BCUT2D eigenvalue weighted by Crippen LogP contribution is -2.36. The van der Waals surface area contributed by atoms with E-state index in [2.05, 4.69) is 22.5 Å². The summed E-state index contributed by atoms with van der Waals surface area (Å²) in [7, 11) is -19.6. The molecule has 0 aliphatic carbocycles. The maximum atomic E-state index is 12.5. The molecule has 1 aliphatic rings. The highest BCUT2D eigenvalue weighted by Gasteiger charge is 2.43. The van der Waals surface area contributed by atoms with E-state index in [0.717, 1.165) is 0 Å². The van der Waals surface area contributed by atoms with Crippen molar-refractivity contribution in [3.05, 3.63) is 30.1 Å². The molecule has 1 aromatic carbocycles. The third kappa shape index (κ3) is 5.63. The molecule has 1 atom stereocenters. The first kappa shape index (κ1) is 25.0. The van der Waals surface area contributed by atoms with E-state index >= 15 is 0 Å². The van der Waals surface area contributed by atoms with E-state index in [9.17, 15) is 38.2 Å². The molecule has 14 nitrogen and oxygen atoms in total. The van der Waals surface area contributed by atoms with E-state index in [1.165, 1.54) is 0 Å². The van der Waals surface area contributed by atoms with E-state index in [4.69, 9.17) is 0 Å². The first-order chi connectivity index (χ1) is 14.7. The molecule has 0 radical (unpaired) electrons. The summed E-state index contributed by atoms with van der Waals surface area (Å²) in [6.45, 7) is -2.16. The highest BCUT2D eigenvalue weighted by molar-refractivity contribution is 8.05. The number of para-hydroxylation sites is 2. The molecule has 18 heteroatoms. The van der Waals surface area contributed by atoms with Crippen molar-refractivity contribution in [1.82, 2.24) is 9.97 Å². The summed E-state index contributed by atoms with van der Waals surface area (Å²) < 4.78 is 114. The first-order valence-corrected chi connectivity index (χ1v) is 14.7. The van der Waals surface area contributed by atoms with Gasteiger partial charge in [-0.05, 0) is 12.1 Å². The number of nitrogens with zero attached hydrogens (tertiary/aromatic N) is 1. The molecule has 0 unspecified atom stereocenters. The normalized spacial score (nSPS) is 20.7. The Bertz CT molecular complexity index is 1340. The molecule has 3 rings (SSSR count). The number of aromatic amines is 1. The Morgan fingerprint density at radius 2 is 1.69 bits per heavy atom. The van der Waals surface area contributed by atoms with Crippen LogP contribution in [0.15, 0.2) is 24.3 Å². The van der Waals surface area contributed by atoms with Gasteiger partial charge in [0.15, 0.2) is 0 Å². The number of nitrogens with one attached hydrogen (secondary N) is 1. The number of rotatable bonds is 8. The van der Waals surface area contributed by atoms with E-state index < -0.39 is 82.3 Å². The second-order valence-corrected chi connectivity index (χ2v) is 14.1. The molecule has 0 bridgehead atoms. The molecule has 180 valence electrons. The lowest BCUT2D eigenvalue weighted by Gasteiger charge is -2.16. The average molecular weight is 535 g/mol. The minimum absolute atomic E-state index is 0.0864. The molecule has 1 aliphatic heterocycles. The second-order valence-electron chi connectivity index (χ2n) is 6.51. The molecular weight excluding hydrogens is 516 g/mol. The van der Waals surface area contributed by atoms with Gasteiger partial charge in [0.2, 0.25) is 9.16 Å². The zero-order valence-corrected chi connectivity index (χ0v) is 19.3. The number of imidazole rings is 1. The molecule has 1 saturated heterocycles. The second kappa shape index (κ2) is 8.93. The topological polar surface area (TPSA) is 213 Å². The van der Waals surface area contributed by atoms with E-state index in [0.29, 0.717) is 11.0 Å². The van der Waals surface area contributed by atoms with Crippen LogP contribution in [0.1, 0.15) is 12.2 Å². The molecule has 0 spiro atoms. The summed E-state index contributed by atoms with van der Waals surface area (Å²) in [4.78, 5) is 6.75. The van der Waals surface area contributed by atoms with Crippen molar-refractivity contribution in [2.45, 2.75) is 22.0 Å². The number of hydrogen-bond donors (Lipinski definition) is 2. The van der Waals surface area contributed by atoms with Gasteiger partial charge >= 0.3 is 0 Å². The van der Waals surface area contributed by atoms with Crippen LogP contribution in [0.3, 0.4) is 0 Å². The van der Waals surface area contributed by atoms with Crippen LogP contribution in [0.4, 0.5) is 0 Å². The number of hydrogen-bond acceptors (Lipinski definition) is 12. The number of H-pyrrole nitrogens is 1.